The Morgan fingerprint density at radius 1 is 1.00 bits per heavy atom. The third-order valence-electron chi connectivity index (χ3n) is 4.82. The number of hydrogen-bond acceptors (Lipinski definition) is 3. The number of thiol groups is 1. The van der Waals surface area contributed by atoms with Crippen molar-refractivity contribution in [3.8, 4) is 0 Å². The third-order valence-corrected chi connectivity index (χ3v) is 5.84. The average molecular weight is 387 g/mol. The van der Waals surface area contributed by atoms with Crippen LogP contribution < -0.4 is 5.01 Å². The van der Waals surface area contributed by atoms with E-state index in [9.17, 15) is 8.42 Å². The van der Waals surface area contributed by atoms with Gasteiger partial charge in [-0.2, -0.15) is 4.41 Å². The van der Waals surface area contributed by atoms with E-state index in [1.807, 2.05) is 60.5 Å². The first-order valence-corrected chi connectivity index (χ1v) is 10.0. The van der Waals surface area contributed by atoms with Gasteiger partial charge in [0, 0.05) is 10.6 Å². The molecule has 2 aliphatic rings. The molecule has 0 saturated carbocycles. The van der Waals surface area contributed by atoms with Crippen molar-refractivity contribution < 1.29 is 8.42 Å². The standard InChI is InChI=1S/C20H19ClN2O2S/c1-14-5-11-17(12-6-14)22-13-19-18(15-7-9-16(21)10-8-15)3-2-4-20(19)23(22)26(24)25/h3,5-12,26H,2,4,13H2,1H3. The molecule has 0 saturated heterocycles. The molecule has 1 heterocycles. The second kappa shape index (κ2) is 6.82. The van der Waals surface area contributed by atoms with E-state index in [2.05, 4.69) is 6.08 Å². The summed E-state index contributed by atoms with van der Waals surface area (Å²) in [6.45, 7) is 2.56. The summed E-state index contributed by atoms with van der Waals surface area (Å²) in [7, 11) is -2.76. The molecule has 6 heteroatoms. The van der Waals surface area contributed by atoms with Crippen molar-refractivity contribution in [1.29, 1.82) is 0 Å². The Hall–Kier alpha value is -2.24. The summed E-state index contributed by atoms with van der Waals surface area (Å²) in [6.07, 6.45) is 3.73. The van der Waals surface area contributed by atoms with Crippen LogP contribution in [-0.2, 0) is 10.9 Å². The molecule has 0 amide bonds. The van der Waals surface area contributed by atoms with Gasteiger partial charge in [0.2, 0.25) is 10.9 Å². The molecule has 0 atom stereocenters. The Morgan fingerprint density at radius 3 is 2.35 bits per heavy atom. The maximum absolute atomic E-state index is 12.0. The SMILES string of the molecule is Cc1ccc(N2CC3=C(CCC=C3c3ccc(Cl)cc3)N2[SH](=O)=O)cc1. The molecule has 2 aromatic carbocycles. The monoisotopic (exact) mass is 386 g/mol. The molecule has 0 aromatic heterocycles. The summed E-state index contributed by atoms with van der Waals surface area (Å²) in [5.74, 6) is 0. The first-order valence-electron chi connectivity index (χ1n) is 8.51. The highest BCUT2D eigenvalue weighted by Gasteiger charge is 2.35. The molecule has 0 fully saturated rings. The maximum Gasteiger partial charge on any atom is 0.242 e. The van der Waals surface area contributed by atoms with Gasteiger partial charge in [-0.05, 0) is 55.2 Å². The normalized spacial score (nSPS) is 17.0. The highest BCUT2D eigenvalue weighted by atomic mass is 35.5. The van der Waals surface area contributed by atoms with Crippen molar-refractivity contribution in [2.24, 2.45) is 0 Å². The highest BCUT2D eigenvalue weighted by Crippen LogP contribution is 2.41. The van der Waals surface area contributed by atoms with Gasteiger partial charge >= 0.3 is 0 Å². The lowest BCUT2D eigenvalue weighted by atomic mass is 9.90. The van der Waals surface area contributed by atoms with Crippen LogP contribution >= 0.6 is 11.6 Å². The number of halogens is 1. The minimum absolute atomic E-state index is 0.538. The van der Waals surface area contributed by atoms with Gasteiger partial charge in [-0.25, -0.2) is 8.42 Å². The van der Waals surface area contributed by atoms with E-state index in [0.717, 1.165) is 46.5 Å². The average Bonchev–Trinajstić information content (AvgIpc) is 3.03. The fourth-order valence-electron chi connectivity index (χ4n) is 3.57. The topological polar surface area (TPSA) is 40.6 Å². The van der Waals surface area contributed by atoms with E-state index >= 15 is 0 Å². The molecule has 4 rings (SSSR count). The molecular formula is C20H19ClN2O2S. The molecule has 0 spiro atoms. The number of aryl methyl sites for hydroxylation is 1. The van der Waals surface area contributed by atoms with Crippen LogP contribution in [0.1, 0.15) is 24.0 Å². The Bertz CT molecular complexity index is 968. The van der Waals surface area contributed by atoms with Crippen LogP contribution in [0, 0.1) is 6.92 Å². The third kappa shape index (κ3) is 3.02. The predicted molar refractivity (Wildman–Crippen MR) is 106 cm³/mol. The van der Waals surface area contributed by atoms with Crippen LogP contribution in [0.25, 0.3) is 5.57 Å². The fraction of sp³-hybridized carbons (Fsp3) is 0.200. The summed E-state index contributed by atoms with van der Waals surface area (Å²) in [5, 5.41) is 2.53. The Morgan fingerprint density at radius 2 is 1.69 bits per heavy atom. The van der Waals surface area contributed by atoms with Crippen molar-refractivity contribution in [1.82, 2.24) is 4.41 Å². The summed E-state index contributed by atoms with van der Waals surface area (Å²) in [6, 6.07) is 15.6. The van der Waals surface area contributed by atoms with Crippen molar-refractivity contribution >= 4 is 33.8 Å². The Balaban J connectivity index is 1.76. The summed E-state index contributed by atoms with van der Waals surface area (Å²) in [4.78, 5) is 0. The van der Waals surface area contributed by atoms with Gasteiger partial charge in [-0.1, -0.05) is 47.5 Å². The summed E-state index contributed by atoms with van der Waals surface area (Å²) < 4.78 is 25.5. The van der Waals surface area contributed by atoms with Gasteiger partial charge in [0.1, 0.15) is 0 Å². The zero-order valence-corrected chi connectivity index (χ0v) is 16.0. The molecule has 2 aromatic rings. The fourth-order valence-corrected chi connectivity index (χ4v) is 4.45. The predicted octanol–water partition coefficient (Wildman–Crippen LogP) is 4.34. The van der Waals surface area contributed by atoms with E-state index in [4.69, 9.17) is 11.6 Å². The lowest BCUT2D eigenvalue weighted by Gasteiger charge is -2.28. The van der Waals surface area contributed by atoms with Gasteiger partial charge in [0.25, 0.3) is 0 Å². The summed E-state index contributed by atoms with van der Waals surface area (Å²) >= 11 is 6.01. The molecule has 134 valence electrons. The van der Waals surface area contributed by atoms with Crippen molar-refractivity contribution in [2.75, 3.05) is 11.6 Å². The van der Waals surface area contributed by atoms with E-state index < -0.39 is 10.9 Å². The van der Waals surface area contributed by atoms with Crippen LogP contribution in [0.15, 0.2) is 65.9 Å². The Labute approximate surface area is 160 Å². The van der Waals surface area contributed by atoms with E-state index in [0.29, 0.717) is 11.6 Å². The van der Waals surface area contributed by atoms with Crippen molar-refractivity contribution in [2.45, 2.75) is 19.8 Å². The van der Waals surface area contributed by atoms with Gasteiger partial charge in [0.05, 0.1) is 17.9 Å². The van der Waals surface area contributed by atoms with Gasteiger partial charge in [-0.3, -0.25) is 5.01 Å². The molecule has 0 bridgehead atoms. The number of hydrogen-bond donors (Lipinski definition) is 1. The van der Waals surface area contributed by atoms with E-state index in [1.165, 1.54) is 4.41 Å². The second-order valence-electron chi connectivity index (χ2n) is 6.51. The zero-order chi connectivity index (χ0) is 18.3. The smallest absolute Gasteiger partial charge is 0.242 e. The zero-order valence-electron chi connectivity index (χ0n) is 14.4. The lowest BCUT2D eigenvalue weighted by molar-refractivity contribution is 0.485. The number of anilines is 1. The van der Waals surface area contributed by atoms with E-state index in [-0.39, 0.29) is 0 Å². The number of nitrogens with zero attached hydrogens (tertiary/aromatic N) is 2. The first kappa shape index (κ1) is 17.2. The van der Waals surface area contributed by atoms with Crippen molar-refractivity contribution in [3.05, 3.63) is 82.0 Å². The largest absolute Gasteiger partial charge is 0.267 e. The second-order valence-corrected chi connectivity index (χ2v) is 7.80. The Kier molecular flexibility index (Phi) is 4.51. The van der Waals surface area contributed by atoms with Gasteiger partial charge in [0.15, 0.2) is 0 Å². The number of rotatable bonds is 3. The molecule has 1 aliphatic carbocycles. The minimum atomic E-state index is -2.76. The van der Waals surface area contributed by atoms with Crippen LogP contribution in [0.2, 0.25) is 5.02 Å². The maximum atomic E-state index is 12.0. The van der Waals surface area contributed by atoms with Crippen LogP contribution in [0.3, 0.4) is 0 Å². The molecule has 26 heavy (non-hydrogen) atoms. The minimum Gasteiger partial charge on any atom is -0.267 e. The van der Waals surface area contributed by atoms with Gasteiger partial charge < -0.3 is 0 Å². The molecule has 0 N–H and O–H groups in total. The van der Waals surface area contributed by atoms with Gasteiger partial charge in [-0.15, -0.1) is 0 Å². The van der Waals surface area contributed by atoms with Crippen molar-refractivity contribution in [3.63, 3.8) is 0 Å². The summed E-state index contributed by atoms with van der Waals surface area (Å²) in [5.41, 5.74) is 6.12. The molecular weight excluding hydrogens is 368 g/mol. The molecule has 0 unspecified atom stereocenters. The van der Waals surface area contributed by atoms with Crippen LogP contribution in [0.5, 0.6) is 0 Å². The highest BCUT2D eigenvalue weighted by molar-refractivity contribution is 7.70. The number of benzene rings is 2. The first-order chi connectivity index (χ1) is 12.5. The van der Waals surface area contributed by atoms with E-state index in [1.54, 1.807) is 0 Å². The van der Waals surface area contributed by atoms with Crippen LogP contribution in [-0.4, -0.2) is 19.4 Å². The molecule has 1 aliphatic heterocycles. The quantitative estimate of drug-likeness (QED) is 0.797. The molecule has 4 nitrogen and oxygen atoms in total. The number of hydrazine groups is 1. The van der Waals surface area contributed by atoms with Crippen LogP contribution in [0.4, 0.5) is 5.69 Å². The molecule has 0 radical (unpaired) electrons. The number of allylic oxidation sites excluding steroid dienone is 2. The lowest BCUT2D eigenvalue weighted by Crippen LogP contribution is -2.36.